The number of nitrogens with one attached hydrogen (secondary N) is 1. The van der Waals surface area contributed by atoms with Crippen LogP contribution in [-0.4, -0.2) is 26.4 Å². The molecule has 0 amide bonds. The van der Waals surface area contributed by atoms with Crippen LogP contribution < -0.4 is 5.32 Å². The van der Waals surface area contributed by atoms with Gasteiger partial charge in [0, 0.05) is 37.7 Å². The van der Waals surface area contributed by atoms with Crippen LogP contribution in [0.4, 0.5) is 5.95 Å². The summed E-state index contributed by atoms with van der Waals surface area (Å²) in [5.41, 5.74) is 3.54. The Morgan fingerprint density at radius 3 is 2.69 bits per heavy atom. The van der Waals surface area contributed by atoms with E-state index in [0.717, 1.165) is 18.2 Å². The molecule has 2 aromatic rings. The number of imidazole rings is 1. The fourth-order valence-electron chi connectivity index (χ4n) is 1.88. The highest BCUT2D eigenvalue weighted by Crippen LogP contribution is 2.15. The predicted octanol–water partition coefficient (Wildman–Crippen LogP) is 1.32. The highest BCUT2D eigenvalue weighted by Gasteiger charge is 2.11. The summed E-state index contributed by atoms with van der Waals surface area (Å²) in [7, 11) is 3.85. The third-order valence-corrected chi connectivity index (χ3v) is 2.93. The average molecular weight is 219 g/mol. The molecule has 0 spiro atoms. The Hall–Kier alpha value is -1.78. The van der Waals surface area contributed by atoms with Crippen LogP contribution in [0.25, 0.3) is 0 Å². The predicted molar refractivity (Wildman–Crippen MR) is 63.6 cm³/mol. The van der Waals surface area contributed by atoms with Crippen LogP contribution in [0.2, 0.25) is 0 Å². The first kappa shape index (κ1) is 10.7. The van der Waals surface area contributed by atoms with Crippen molar-refractivity contribution in [3.05, 3.63) is 29.3 Å². The first-order chi connectivity index (χ1) is 7.63. The fourth-order valence-corrected chi connectivity index (χ4v) is 1.88. The summed E-state index contributed by atoms with van der Waals surface area (Å²) in [4.78, 5) is 4.22. The highest BCUT2D eigenvalue weighted by atomic mass is 15.3. The fraction of sp³-hybridized carbons (Fsp3) is 0.455. The lowest BCUT2D eigenvalue weighted by Crippen LogP contribution is -2.05. The van der Waals surface area contributed by atoms with Crippen LogP contribution in [-0.2, 0) is 13.6 Å². The van der Waals surface area contributed by atoms with Gasteiger partial charge >= 0.3 is 0 Å². The van der Waals surface area contributed by atoms with Gasteiger partial charge in [-0.15, -0.1) is 0 Å². The van der Waals surface area contributed by atoms with Gasteiger partial charge in [-0.05, 0) is 13.8 Å². The second kappa shape index (κ2) is 4.00. The van der Waals surface area contributed by atoms with Gasteiger partial charge in [0.05, 0.1) is 12.2 Å². The van der Waals surface area contributed by atoms with Crippen molar-refractivity contribution in [1.82, 2.24) is 19.3 Å². The number of aromatic nitrogens is 4. The molecule has 0 fully saturated rings. The van der Waals surface area contributed by atoms with Crippen molar-refractivity contribution in [2.75, 3.05) is 12.4 Å². The molecule has 0 saturated heterocycles. The van der Waals surface area contributed by atoms with Crippen LogP contribution in [0, 0.1) is 13.8 Å². The van der Waals surface area contributed by atoms with Crippen molar-refractivity contribution in [1.29, 1.82) is 0 Å². The summed E-state index contributed by atoms with van der Waals surface area (Å²) in [6, 6.07) is 0. The number of hydrogen-bond donors (Lipinski definition) is 1. The Morgan fingerprint density at radius 1 is 1.38 bits per heavy atom. The third kappa shape index (κ3) is 1.68. The molecule has 2 rings (SSSR count). The molecule has 2 heterocycles. The summed E-state index contributed by atoms with van der Waals surface area (Å²) in [5.74, 6) is 0.877. The number of rotatable bonds is 3. The zero-order chi connectivity index (χ0) is 11.7. The van der Waals surface area contributed by atoms with Crippen molar-refractivity contribution in [2.24, 2.45) is 7.05 Å². The van der Waals surface area contributed by atoms with Gasteiger partial charge in [-0.1, -0.05) is 0 Å². The van der Waals surface area contributed by atoms with Gasteiger partial charge in [0.15, 0.2) is 0 Å². The van der Waals surface area contributed by atoms with E-state index in [1.165, 1.54) is 11.3 Å². The molecule has 86 valence electrons. The van der Waals surface area contributed by atoms with Gasteiger partial charge in [-0.3, -0.25) is 4.68 Å². The molecule has 0 saturated carbocycles. The second-order valence-corrected chi connectivity index (χ2v) is 3.90. The van der Waals surface area contributed by atoms with Gasteiger partial charge < -0.3 is 9.88 Å². The molecule has 0 aliphatic rings. The lowest BCUT2D eigenvalue weighted by Gasteiger charge is -2.07. The molecule has 1 N–H and O–H groups in total. The summed E-state index contributed by atoms with van der Waals surface area (Å²) in [5, 5.41) is 7.48. The topological polar surface area (TPSA) is 47.7 Å². The molecule has 0 aliphatic carbocycles. The highest BCUT2D eigenvalue weighted by molar-refractivity contribution is 5.30. The molecule has 5 nitrogen and oxygen atoms in total. The van der Waals surface area contributed by atoms with Crippen molar-refractivity contribution in [3.63, 3.8) is 0 Å². The standard InChI is InChI=1S/C11H17N5/c1-8-10(9(2)15(4)14-8)7-16-6-5-13-11(16)12-3/h5-6H,7H2,1-4H3,(H,12,13). The molecule has 5 heteroatoms. The Bertz CT molecular complexity index is 494. The number of aryl methyl sites for hydroxylation is 2. The normalized spacial score (nSPS) is 10.8. The van der Waals surface area contributed by atoms with Crippen LogP contribution in [0.15, 0.2) is 12.4 Å². The van der Waals surface area contributed by atoms with Crippen molar-refractivity contribution >= 4 is 5.95 Å². The molecule has 0 aromatic carbocycles. The van der Waals surface area contributed by atoms with E-state index in [4.69, 9.17) is 0 Å². The number of hydrogen-bond acceptors (Lipinski definition) is 3. The molecule has 16 heavy (non-hydrogen) atoms. The lowest BCUT2D eigenvalue weighted by molar-refractivity contribution is 0.727. The average Bonchev–Trinajstić information content (AvgIpc) is 2.79. The smallest absolute Gasteiger partial charge is 0.202 e. The largest absolute Gasteiger partial charge is 0.359 e. The van der Waals surface area contributed by atoms with E-state index in [1.807, 2.05) is 31.9 Å². The van der Waals surface area contributed by atoms with E-state index in [0.29, 0.717) is 0 Å². The summed E-state index contributed by atoms with van der Waals surface area (Å²) >= 11 is 0. The van der Waals surface area contributed by atoms with Gasteiger partial charge in [0.25, 0.3) is 0 Å². The minimum Gasteiger partial charge on any atom is -0.359 e. The molecule has 0 atom stereocenters. The summed E-state index contributed by atoms with van der Waals surface area (Å²) in [6.45, 7) is 4.94. The molecule has 0 aliphatic heterocycles. The summed E-state index contributed by atoms with van der Waals surface area (Å²) < 4.78 is 4.00. The minimum absolute atomic E-state index is 0.807. The molecular formula is C11H17N5. The van der Waals surface area contributed by atoms with E-state index in [2.05, 4.69) is 26.9 Å². The zero-order valence-corrected chi connectivity index (χ0v) is 10.2. The first-order valence-corrected chi connectivity index (χ1v) is 5.31. The van der Waals surface area contributed by atoms with Crippen LogP contribution in [0.1, 0.15) is 17.0 Å². The van der Waals surface area contributed by atoms with Gasteiger partial charge in [0.1, 0.15) is 0 Å². The second-order valence-electron chi connectivity index (χ2n) is 3.90. The Kier molecular flexibility index (Phi) is 2.68. The quantitative estimate of drug-likeness (QED) is 0.847. The lowest BCUT2D eigenvalue weighted by atomic mass is 10.2. The molecule has 0 radical (unpaired) electrons. The molecule has 2 aromatic heterocycles. The SMILES string of the molecule is CNc1nccn1Cc1c(C)nn(C)c1C. The Morgan fingerprint density at radius 2 is 2.12 bits per heavy atom. The monoisotopic (exact) mass is 219 g/mol. The van der Waals surface area contributed by atoms with Crippen molar-refractivity contribution in [3.8, 4) is 0 Å². The van der Waals surface area contributed by atoms with E-state index in [-0.39, 0.29) is 0 Å². The van der Waals surface area contributed by atoms with Crippen molar-refractivity contribution in [2.45, 2.75) is 20.4 Å². The van der Waals surface area contributed by atoms with Crippen LogP contribution in [0.3, 0.4) is 0 Å². The molecular weight excluding hydrogens is 202 g/mol. The van der Waals surface area contributed by atoms with E-state index in [1.54, 1.807) is 6.20 Å². The minimum atomic E-state index is 0.807. The number of anilines is 1. The molecule has 0 bridgehead atoms. The Balaban J connectivity index is 2.34. The van der Waals surface area contributed by atoms with Gasteiger partial charge in [-0.2, -0.15) is 5.10 Å². The maximum absolute atomic E-state index is 4.41. The van der Waals surface area contributed by atoms with Crippen LogP contribution in [0.5, 0.6) is 0 Å². The van der Waals surface area contributed by atoms with E-state index in [9.17, 15) is 0 Å². The zero-order valence-electron chi connectivity index (χ0n) is 10.2. The van der Waals surface area contributed by atoms with Gasteiger partial charge in [-0.25, -0.2) is 4.98 Å². The van der Waals surface area contributed by atoms with E-state index < -0.39 is 0 Å². The summed E-state index contributed by atoms with van der Waals surface area (Å²) in [6.07, 6.45) is 3.77. The first-order valence-electron chi connectivity index (χ1n) is 5.31. The third-order valence-electron chi connectivity index (χ3n) is 2.93. The van der Waals surface area contributed by atoms with Crippen LogP contribution >= 0.6 is 0 Å². The maximum atomic E-state index is 4.41. The van der Waals surface area contributed by atoms with Gasteiger partial charge in [0.2, 0.25) is 5.95 Å². The maximum Gasteiger partial charge on any atom is 0.202 e. The Labute approximate surface area is 95.1 Å². The number of nitrogens with zero attached hydrogens (tertiary/aromatic N) is 4. The van der Waals surface area contributed by atoms with Crippen molar-refractivity contribution < 1.29 is 0 Å². The molecule has 0 unspecified atom stereocenters. The van der Waals surface area contributed by atoms with E-state index >= 15 is 0 Å².